The second kappa shape index (κ2) is 5.87. The average Bonchev–Trinajstić information content (AvgIpc) is 3.05. The van der Waals surface area contributed by atoms with E-state index in [0.29, 0.717) is 11.5 Å². The van der Waals surface area contributed by atoms with Crippen LogP contribution in [-0.2, 0) is 6.42 Å². The van der Waals surface area contributed by atoms with Crippen LogP contribution in [0.2, 0.25) is 0 Å². The lowest BCUT2D eigenvalue weighted by Gasteiger charge is -2.36. The number of nitrogens with one attached hydrogen (secondary N) is 1. The molecule has 0 amide bonds. The summed E-state index contributed by atoms with van der Waals surface area (Å²) < 4.78 is 0. The molecule has 0 saturated carbocycles. The molecule has 2 heteroatoms. The zero-order chi connectivity index (χ0) is 14.0. The number of hydrogen-bond donors (Lipinski definition) is 1. The molecule has 20 heavy (non-hydrogen) atoms. The van der Waals surface area contributed by atoms with Gasteiger partial charge in [-0.25, -0.2) is 0 Å². The van der Waals surface area contributed by atoms with E-state index in [0.717, 1.165) is 0 Å². The quantitative estimate of drug-likeness (QED) is 0.884. The highest BCUT2D eigenvalue weighted by atomic mass is 15.2. The standard InChI is InChI=1S/C18H28N2/c1-3-12-20(14-18(2)10-11-19-13-18)17-9-8-15-6-4-5-7-16(15)17/h4-7,17,19H,3,8-14H2,1-2H3. The van der Waals surface area contributed by atoms with Crippen LogP contribution in [0.3, 0.4) is 0 Å². The fourth-order valence-electron chi connectivity index (χ4n) is 4.04. The highest BCUT2D eigenvalue weighted by Gasteiger charge is 2.35. The zero-order valence-corrected chi connectivity index (χ0v) is 13.0. The topological polar surface area (TPSA) is 15.3 Å². The Bertz CT molecular complexity index is 448. The van der Waals surface area contributed by atoms with Crippen LogP contribution in [0.25, 0.3) is 0 Å². The number of aryl methyl sites for hydroxylation is 1. The van der Waals surface area contributed by atoms with E-state index in [9.17, 15) is 0 Å². The van der Waals surface area contributed by atoms with Gasteiger partial charge in [0.15, 0.2) is 0 Å². The first-order chi connectivity index (χ1) is 9.72. The van der Waals surface area contributed by atoms with Crippen molar-refractivity contribution in [2.45, 2.75) is 45.6 Å². The lowest BCUT2D eigenvalue weighted by Crippen LogP contribution is -2.39. The third kappa shape index (κ3) is 2.77. The van der Waals surface area contributed by atoms with Gasteiger partial charge in [0.2, 0.25) is 0 Å². The van der Waals surface area contributed by atoms with Crippen molar-refractivity contribution in [3.63, 3.8) is 0 Å². The van der Waals surface area contributed by atoms with Gasteiger partial charge in [0.25, 0.3) is 0 Å². The summed E-state index contributed by atoms with van der Waals surface area (Å²) in [6.45, 7) is 9.61. The smallest absolute Gasteiger partial charge is 0.0354 e. The van der Waals surface area contributed by atoms with E-state index in [4.69, 9.17) is 0 Å². The molecule has 1 aliphatic heterocycles. The molecule has 0 spiro atoms. The fraction of sp³-hybridized carbons (Fsp3) is 0.667. The minimum atomic E-state index is 0.465. The molecule has 0 bridgehead atoms. The lowest BCUT2D eigenvalue weighted by atomic mass is 9.88. The van der Waals surface area contributed by atoms with Gasteiger partial charge >= 0.3 is 0 Å². The summed E-state index contributed by atoms with van der Waals surface area (Å²) in [5, 5.41) is 3.54. The number of rotatable bonds is 5. The molecule has 1 heterocycles. The van der Waals surface area contributed by atoms with Crippen molar-refractivity contribution in [1.82, 2.24) is 10.2 Å². The molecule has 1 aromatic carbocycles. The molecule has 0 aromatic heterocycles. The Labute approximate surface area is 123 Å². The van der Waals surface area contributed by atoms with E-state index in [2.05, 4.69) is 48.3 Å². The molecule has 1 N–H and O–H groups in total. The summed E-state index contributed by atoms with van der Waals surface area (Å²) >= 11 is 0. The monoisotopic (exact) mass is 272 g/mol. The molecule has 2 unspecified atom stereocenters. The van der Waals surface area contributed by atoms with Crippen LogP contribution in [0.1, 0.15) is 50.3 Å². The van der Waals surface area contributed by atoms with Crippen LogP contribution in [0, 0.1) is 5.41 Å². The van der Waals surface area contributed by atoms with E-state index in [1.54, 1.807) is 11.1 Å². The third-order valence-corrected chi connectivity index (χ3v) is 5.09. The Morgan fingerprint density at radius 3 is 2.95 bits per heavy atom. The van der Waals surface area contributed by atoms with Gasteiger partial charge in [-0.2, -0.15) is 0 Å². The molecule has 1 aromatic rings. The molecule has 2 nitrogen and oxygen atoms in total. The van der Waals surface area contributed by atoms with Gasteiger partial charge in [-0.05, 0) is 55.3 Å². The lowest BCUT2D eigenvalue weighted by molar-refractivity contribution is 0.128. The van der Waals surface area contributed by atoms with Crippen molar-refractivity contribution in [3.05, 3.63) is 35.4 Å². The average molecular weight is 272 g/mol. The fourth-order valence-corrected chi connectivity index (χ4v) is 4.04. The molecule has 2 aliphatic rings. The van der Waals surface area contributed by atoms with E-state index in [1.807, 2.05) is 0 Å². The predicted octanol–water partition coefficient (Wildman–Crippen LogP) is 3.39. The summed E-state index contributed by atoms with van der Waals surface area (Å²) in [7, 11) is 0. The highest BCUT2D eigenvalue weighted by molar-refractivity contribution is 5.34. The predicted molar refractivity (Wildman–Crippen MR) is 85.0 cm³/mol. The molecule has 3 rings (SSSR count). The minimum absolute atomic E-state index is 0.465. The largest absolute Gasteiger partial charge is 0.316 e. The maximum atomic E-state index is 3.54. The van der Waals surface area contributed by atoms with E-state index >= 15 is 0 Å². The molecule has 1 fully saturated rings. The SMILES string of the molecule is CCCN(CC1(C)CCNC1)C1CCc2ccccc21. The second-order valence-corrected chi connectivity index (χ2v) is 6.96. The Kier molecular flexibility index (Phi) is 4.13. The second-order valence-electron chi connectivity index (χ2n) is 6.96. The summed E-state index contributed by atoms with van der Waals surface area (Å²) in [5.74, 6) is 0. The van der Waals surface area contributed by atoms with E-state index in [-0.39, 0.29) is 0 Å². The Hall–Kier alpha value is -0.860. The van der Waals surface area contributed by atoms with E-state index in [1.165, 1.54) is 51.9 Å². The van der Waals surface area contributed by atoms with Crippen LogP contribution in [0.4, 0.5) is 0 Å². The molecular formula is C18H28N2. The Morgan fingerprint density at radius 1 is 1.35 bits per heavy atom. The number of benzene rings is 1. The van der Waals surface area contributed by atoms with Crippen LogP contribution in [0.5, 0.6) is 0 Å². The number of nitrogens with zero attached hydrogens (tertiary/aromatic N) is 1. The van der Waals surface area contributed by atoms with Crippen molar-refractivity contribution in [3.8, 4) is 0 Å². The summed E-state index contributed by atoms with van der Waals surface area (Å²) in [6, 6.07) is 9.72. The summed E-state index contributed by atoms with van der Waals surface area (Å²) in [5.41, 5.74) is 3.64. The first-order valence-electron chi connectivity index (χ1n) is 8.24. The molecular weight excluding hydrogens is 244 g/mol. The van der Waals surface area contributed by atoms with Gasteiger partial charge in [-0.3, -0.25) is 4.90 Å². The molecule has 1 aliphatic carbocycles. The van der Waals surface area contributed by atoms with Gasteiger partial charge in [0.1, 0.15) is 0 Å². The van der Waals surface area contributed by atoms with Gasteiger partial charge in [0.05, 0.1) is 0 Å². The van der Waals surface area contributed by atoms with E-state index < -0.39 is 0 Å². The molecule has 110 valence electrons. The Balaban J connectivity index is 1.77. The number of hydrogen-bond acceptors (Lipinski definition) is 2. The third-order valence-electron chi connectivity index (χ3n) is 5.09. The van der Waals surface area contributed by atoms with Gasteiger partial charge < -0.3 is 5.32 Å². The van der Waals surface area contributed by atoms with Crippen LogP contribution in [-0.4, -0.2) is 31.1 Å². The summed E-state index contributed by atoms with van der Waals surface area (Å²) in [6.07, 6.45) is 5.14. The normalized spacial score (nSPS) is 29.1. The molecule has 2 atom stereocenters. The van der Waals surface area contributed by atoms with Crippen LogP contribution in [0.15, 0.2) is 24.3 Å². The van der Waals surface area contributed by atoms with Crippen LogP contribution >= 0.6 is 0 Å². The van der Waals surface area contributed by atoms with Gasteiger partial charge in [0, 0.05) is 19.1 Å². The zero-order valence-electron chi connectivity index (χ0n) is 13.0. The van der Waals surface area contributed by atoms with Gasteiger partial charge in [-0.1, -0.05) is 38.1 Å². The summed E-state index contributed by atoms with van der Waals surface area (Å²) in [4.78, 5) is 2.76. The van der Waals surface area contributed by atoms with Crippen molar-refractivity contribution >= 4 is 0 Å². The molecule has 0 radical (unpaired) electrons. The maximum Gasteiger partial charge on any atom is 0.0354 e. The highest BCUT2D eigenvalue weighted by Crippen LogP contribution is 2.38. The van der Waals surface area contributed by atoms with Crippen molar-refractivity contribution in [1.29, 1.82) is 0 Å². The minimum Gasteiger partial charge on any atom is -0.316 e. The Morgan fingerprint density at radius 2 is 2.20 bits per heavy atom. The van der Waals surface area contributed by atoms with Crippen molar-refractivity contribution < 1.29 is 0 Å². The maximum absolute atomic E-state index is 3.54. The first-order valence-corrected chi connectivity index (χ1v) is 8.24. The number of fused-ring (bicyclic) bond motifs is 1. The van der Waals surface area contributed by atoms with Crippen molar-refractivity contribution in [2.24, 2.45) is 5.41 Å². The first kappa shape index (κ1) is 14.1. The van der Waals surface area contributed by atoms with Crippen molar-refractivity contribution in [2.75, 3.05) is 26.2 Å². The van der Waals surface area contributed by atoms with Crippen LogP contribution < -0.4 is 5.32 Å². The molecule has 1 saturated heterocycles. The van der Waals surface area contributed by atoms with Gasteiger partial charge in [-0.15, -0.1) is 0 Å².